The van der Waals surface area contributed by atoms with Crippen molar-refractivity contribution in [3.8, 4) is 78.1 Å². The van der Waals surface area contributed by atoms with Crippen LogP contribution in [-0.4, -0.2) is 32.7 Å². The van der Waals surface area contributed by atoms with Gasteiger partial charge in [0.15, 0.2) is 7.28 Å². The molecule has 17 aromatic rings. The number of hydrogen-bond acceptors (Lipinski definition) is 0. The van der Waals surface area contributed by atoms with Crippen molar-refractivity contribution in [3.05, 3.63) is 217 Å². The van der Waals surface area contributed by atoms with Crippen molar-refractivity contribution in [3.63, 3.8) is 0 Å². The van der Waals surface area contributed by atoms with Crippen molar-refractivity contribution in [2.75, 3.05) is 0 Å². The van der Waals surface area contributed by atoms with E-state index in [1.807, 2.05) is 0 Å². The number of fused-ring (bicyclic) bond motifs is 21. The fourth-order valence-electron chi connectivity index (χ4n) is 17.5. The number of benzene rings is 13. The van der Waals surface area contributed by atoms with Gasteiger partial charge in [0.25, 0.3) is 0 Å². The summed E-state index contributed by atoms with van der Waals surface area (Å²) in [5.74, 6) is 0. The van der Waals surface area contributed by atoms with E-state index in [2.05, 4.69) is 246 Å². The minimum absolute atomic E-state index is 0.105. The predicted octanol–water partition coefficient (Wildman–Crippen LogP) is 16.4. The molecule has 1 radical (unpaired) electrons. The Balaban J connectivity index is 0.911. The van der Waals surface area contributed by atoms with E-state index in [4.69, 9.17) is 0 Å². The highest BCUT2D eigenvalue weighted by atomic mass is 15.0. The SMILES string of the molecule is Cc1ccc2c(c1-c1c3[nH]c4ccccc4c3c3c4c1c1ccccc1n4B1c4c(ccc(C)c4-3)-n3c4ccc5cccc6c5c4c4c(ccc1c43)-c1ccccc1-6)[B]c1ccc3c4c5c6c(cccc6ccc5n-2c14)-c1ccccc1-3. The quantitative estimate of drug-likeness (QED) is 0.159. The van der Waals surface area contributed by atoms with Gasteiger partial charge in [-0.25, -0.2) is 0 Å². The largest absolute Gasteiger partial charge is 0.375 e. The Bertz CT molecular complexity index is 6080. The van der Waals surface area contributed by atoms with Gasteiger partial charge in [0.1, 0.15) is 0 Å². The summed E-state index contributed by atoms with van der Waals surface area (Å²) in [4.78, 5) is 4.22. The molecule has 0 atom stereocenters. The van der Waals surface area contributed by atoms with E-state index >= 15 is 0 Å². The summed E-state index contributed by atoms with van der Waals surface area (Å²) < 4.78 is 8.10. The van der Waals surface area contributed by atoms with Crippen molar-refractivity contribution >= 4 is 145 Å². The Morgan fingerprint density at radius 3 is 1.65 bits per heavy atom. The molecule has 0 saturated carbocycles. The zero-order chi connectivity index (χ0) is 52.9. The monoisotopic (exact) mass is 1030 g/mol. The van der Waals surface area contributed by atoms with Crippen LogP contribution in [0.3, 0.4) is 0 Å². The van der Waals surface area contributed by atoms with Crippen LogP contribution in [-0.2, 0) is 0 Å². The van der Waals surface area contributed by atoms with Crippen molar-refractivity contribution in [2.45, 2.75) is 13.8 Å². The second kappa shape index (κ2) is 13.8. The summed E-state index contributed by atoms with van der Waals surface area (Å²) in [6.45, 7) is 4.61. The molecule has 7 heterocycles. The number of aromatic amines is 1. The minimum atomic E-state index is -0.105. The Hall–Kier alpha value is -10.3. The maximum absolute atomic E-state index is 4.22. The molecular formula is C76H41B2N4. The molecule has 5 aliphatic rings. The van der Waals surface area contributed by atoms with Gasteiger partial charge in [-0.15, -0.1) is 0 Å². The molecule has 371 valence electrons. The Morgan fingerprint density at radius 2 is 0.939 bits per heavy atom. The second-order valence-electron chi connectivity index (χ2n) is 24.0. The lowest BCUT2D eigenvalue weighted by molar-refractivity contribution is 1.17. The number of aryl methyl sites for hydroxylation is 2. The minimum Gasteiger partial charge on any atom is -0.375 e. The maximum Gasteiger partial charge on any atom is 0.333 e. The van der Waals surface area contributed by atoms with Crippen LogP contribution in [0.4, 0.5) is 0 Å². The molecule has 0 amide bonds. The summed E-state index contributed by atoms with van der Waals surface area (Å²) in [5.41, 5.74) is 35.9. The lowest BCUT2D eigenvalue weighted by Crippen LogP contribution is -2.55. The van der Waals surface area contributed by atoms with Gasteiger partial charge in [0.2, 0.25) is 0 Å². The number of hydrogen-bond donors (Lipinski definition) is 1. The van der Waals surface area contributed by atoms with Crippen LogP contribution in [0.15, 0.2) is 206 Å². The number of rotatable bonds is 1. The molecule has 0 bridgehead atoms. The van der Waals surface area contributed by atoms with Crippen molar-refractivity contribution < 1.29 is 0 Å². The Morgan fingerprint density at radius 1 is 0.366 bits per heavy atom. The fraction of sp³-hybridized carbons (Fsp3) is 0.0263. The molecule has 6 heteroatoms. The van der Waals surface area contributed by atoms with Crippen LogP contribution in [0.2, 0.25) is 0 Å². The fourth-order valence-corrected chi connectivity index (χ4v) is 17.5. The van der Waals surface area contributed by atoms with Crippen LogP contribution in [0, 0.1) is 13.8 Å². The number of para-hydroxylation sites is 2. The summed E-state index contributed by atoms with van der Waals surface area (Å²) in [6.07, 6.45) is 0. The van der Waals surface area contributed by atoms with E-state index in [1.165, 1.54) is 214 Å². The molecule has 0 fully saturated rings. The second-order valence-corrected chi connectivity index (χ2v) is 24.0. The van der Waals surface area contributed by atoms with E-state index in [1.54, 1.807) is 0 Å². The Labute approximate surface area is 470 Å². The van der Waals surface area contributed by atoms with Crippen molar-refractivity contribution in [2.24, 2.45) is 0 Å². The van der Waals surface area contributed by atoms with E-state index in [0.29, 0.717) is 0 Å². The van der Waals surface area contributed by atoms with Crippen molar-refractivity contribution in [1.82, 2.24) is 18.6 Å². The van der Waals surface area contributed by atoms with Gasteiger partial charge in [0, 0.05) is 87.7 Å². The van der Waals surface area contributed by atoms with Gasteiger partial charge in [0.05, 0.1) is 22.1 Å². The molecule has 4 aromatic heterocycles. The third-order valence-corrected chi connectivity index (χ3v) is 20.5. The third kappa shape index (κ3) is 4.46. The van der Waals surface area contributed by atoms with Gasteiger partial charge in [-0.2, -0.15) is 0 Å². The van der Waals surface area contributed by atoms with Gasteiger partial charge in [-0.1, -0.05) is 175 Å². The molecule has 2 aliphatic carbocycles. The third-order valence-electron chi connectivity index (χ3n) is 20.5. The Kier molecular flexibility index (Phi) is 7.03. The maximum atomic E-state index is 4.22. The molecule has 3 aliphatic heterocycles. The highest BCUT2D eigenvalue weighted by Gasteiger charge is 2.45. The predicted molar refractivity (Wildman–Crippen MR) is 347 cm³/mol. The zero-order valence-electron chi connectivity index (χ0n) is 44.6. The van der Waals surface area contributed by atoms with Crippen molar-refractivity contribution in [1.29, 1.82) is 0 Å². The van der Waals surface area contributed by atoms with Crippen LogP contribution >= 0.6 is 0 Å². The van der Waals surface area contributed by atoms with Crippen LogP contribution < -0.4 is 21.9 Å². The van der Waals surface area contributed by atoms with E-state index in [0.717, 1.165) is 5.52 Å². The van der Waals surface area contributed by atoms with Crippen LogP contribution in [0.1, 0.15) is 11.1 Å². The van der Waals surface area contributed by atoms with E-state index in [9.17, 15) is 0 Å². The van der Waals surface area contributed by atoms with Gasteiger partial charge >= 0.3 is 6.85 Å². The first-order valence-electron chi connectivity index (χ1n) is 29.0. The number of nitrogens with one attached hydrogen (secondary N) is 1. The normalized spacial score (nSPS) is 13.6. The van der Waals surface area contributed by atoms with Gasteiger partial charge in [-0.05, 0) is 155 Å². The first-order valence-corrected chi connectivity index (χ1v) is 29.0. The molecule has 0 saturated heterocycles. The van der Waals surface area contributed by atoms with Gasteiger partial charge < -0.3 is 18.6 Å². The average Bonchev–Trinajstić information content (AvgIpc) is 1.79. The summed E-state index contributed by atoms with van der Waals surface area (Å²) in [6, 6.07) is 79.4. The standard InChI is InChI=1S/C76H41B2N4/c1-37-25-33-57-71(77-51-31-29-47-43-17-5-3-15-41(43)45-21-11-13-39-27-35-55-67(61(39)45)64(47)74(51)80(55)57)59(37)69-66-50-20-8-10-24-54(50)82-76(66)70(63-49-19-7-9-23-53(49)79-73(63)69)60-38(2)26-34-58-72(60)78(82)52-32-30-48-44-18-6-4-16-42(44)46-22-12-14-40-28-36-56-68(62(40)46)65(48)75(52)81(56)58/h3-36,79H,1-2H3. The average molecular weight is 1030 g/mol. The van der Waals surface area contributed by atoms with Crippen LogP contribution in [0.25, 0.3) is 187 Å². The molecular weight excluding hydrogens is 990 g/mol. The number of H-pyrrole nitrogens is 1. The van der Waals surface area contributed by atoms with E-state index < -0.39 is 0 Å². The highest BCUT2D eigenvalue weighted by Crippen LogP contribution is 2.56. The van der Waals surface area contributed by atoms with E-state index in [-0.39, 0.29) is 6.85 Å². The summed E-state index contributed by atoms with van der Waals surface area (Å²) in [5, 5.41) is 15.7. The summed E-state index contributed by atoms with van der Waals surface area (Å²) >= 11 is 0. The number of nitrogens with zero attached hydrogens (tertiary/aromatic N) is 3. The number of aromatic nitrogens is 4. The molecule has 4 nitrogen and oxygen atoms in total. The zero-order valence-corrected chi connectivity index (χ0v) is 44.6. The molecule has 22 rings (SSSR count). The molecule has 0 unspecified atom stereocenters. The smallest absolute Gasteiger partial charge is 0.333 e. The molecule has 82 heavy (non-hydrogen) atoms. The topological polar surface area (TPSA) is 30.6 Å². The van der Waals surface area contributed by atoms with Gasteiger partial charge in [-0.3, -0.25) is 0 Å². The molecule has 13 aromatic carbocycles. The highest BCUT2D eigenvalue weighted by molar-refractivity contribution is 6.90. The first-order chi connectivity index (χ1) is 40.6. The van der Waals surface area contributed by atoms with Crippen LogP contribution in [0.5, 0.6) is 0 Å². The molecule has 1 N–H and O–H groups in total. The first kappa shape index (κ1) is 41.7. The summed E-state index contributed by atoms with van der Waals surface area (Å²) in [7, 11) is 2.54. The lowest BCUT2D eigenvalue weighted by Gasteiger charge is -2.35. The lowest BCUT2D eigenvalue weighted by atomic mass is 9.45. The molecule has 0 spiro atoms.